The maximum atomic E-state index is 12.3. The van der Waals surface area contributed by atoms with E-state index in [4.69, 9.17) is 9.47 Å². The first-order chi connectivity index (χ1) is 18.8. The highest BCUT2D eigenvalue weighted by Gasteiger charge is 2.35. The summed E-state index contributed by atoms with van der Waals surface area (Å²) >= 11 is 0. The van der Waals surface area contributed by atoms with Crippen molar-refractivity contribution in [3.63, 3.8) is 0 Å². The first kappa shape index (κ1) is 33.3. The van der Waals surface area contributed by atoms with E-state index in [1.807, 2.05) is 0 Å². The van der Waals surface area contributed by atoms with Crippen LogP contribution in [0, 0.1) is 23.2 Å². The molecule has 0 amide bonds. The first-order valence-corrected chi connectivity index (χ1v) is 15.4. The Bertz CT molecular complexity index is 788. The fourth-order valence-corrected chi connectivity index (χ4v) is 6.31. The minimum atomic E-state index is -0.630. The van der Waals surface area contributed by atoms with E-state index in [0.29, 0.717) is 5.92 Å². The maximum absolute atomic E-state index is 12.3. The summed E-state index contributed by atoms with van der Waals surface area (Å²) in [4.78, 5) is 24.5. The van der Waals surface area contributed by atoms with Crippen molar-refractivity contribution in [3.05, 3.63) is 36.0 Å². The number of esters is 2. The van der Waals surface area contributed by atoms with Gasteiger partial charge in [-0.15, -0.1) is 0 Å². The molecule has 0 aromatic rings. The molecule has 0 spiro atoms. The van der Waals surface area contributed by atoms with Crippen LogP contribution in [0.2, 0.25) is 0 Å². The molecule has 0 aromatic carbocycles. The van der Waals surface area contributed by atoms with Crippen molar-refractivity contribution in [3.8, 4) is 0 Å². The van der Waals surface area contributed by atoms with Crippen LogP contribution in [0.15, 0.2) is 36.0 Å². The molecule has 0 aromatic heterocycles. The third-order valence-corrected chi connectivity index (χ3v) is 8.98. The zero-order valence-corrected chi connectivity index (χ0v) is 24.7. The number of carbonyl (C=O) groups is 2. The lowest BCUT2D eigenvalue weighted by Gasteiger charge is -2.36. The van der Waals surface area contributed by atoms with Gasteiger partial charge in [-0.25, -0.2) is 9.59 Å². The van der Waals surface area contributed by atoms with Gasteiger partial charge >= 0.3 is 11.9 Å². The molecule has 0 aliphatic heterocycles. The Morgan fingerprint density at radius 1 is 0.846 bits per heavy atom. The van der Waals surface area contributed by atoms with E-state index in [1.165, 1.54) is 64.2 Å². The Hall–Kier alpha value is -1.92. The number of hydrogen-bond acceptors (Lipinski definition) is 6. The van der Waals surface area contributed by atoms with Gasteiger partial charge in [0, 0.05) is 5.41 Å². The number of carbonyl (C=O) groups excluding carboxylic acids is 2. The van der Waals surface area contributed by atoms with Crippen LogP contribution in [0.3, 0.4) is 0 Å². The number of unbranched alkanes of at least 4 members (excludes halogenated alkanes) is 2. The normalized spacial score (nSPS) is 21.6. The van der Waals surface area contributed by atoms with Crippen LogP contribution >= 0.6 is 0 Å². The van der Waals surface area contributed by atoms with Crippen LogP contribution in [-0.4, -0.2) is 48.6 Å². The van der Waals surface area contributed by atoms with E-state index < -0.39 is 30.6 Å². The quantitative estimate of drug-likeness (QED) is 0.0845. The van der Waals surface area contributed by atoms with Crippen LogP contribution in [-0.2, 0) is 19.1 Å². The Morgan fingerprint density at radius 2 is 1.46 bits per heavy atom. The second-order valence-electron chi connectivity index (χ2n) is 12.1. The summed E-state index contributed by atoms with van der Waals surface area (Å²) in [7, 11) is 0. The van der Waals surface area contributed by atoms with Gasteiger partial charge in [0.25, 0.3) is 0 Å². The summed E-state index contributed by atoms with van der Waals surface area (Å²) in [6.45, 7) is 10.7. The average molecular weight is 547 g/mol. The van der Waals surface area contributed by atoms with Gasteiger partial charge in [0.1, 0.15) is 13.2 Å². The first-order valence-electron chi connectivity index (χ1n) is 15.4. The van der Waals surface area contributed by atoms with Gasteiger partial charge in [-0.3, -0.25) is 0 Å². The summed E-state index contributed by atoms with van der Waals surface area (Å²) in [5.74, 6) is 1.000. The van der Waals surface area contributed by atoms with E-state index in [2.05, 4.69) is 33.1 Å². The van der Waals surface area contributed by atoms with Crippen LogP contribution in [0.4, 0.5) is 0 Å². The van der Waals surface area contributed by atoms with Crippen LogP contribution in [0.5, 0.6) is 0 Å². The molecule has 0 heterocycles. The number of aliphatic hydroxyl groups is 2. The van der Waals surface area contributed by atoms with Crippen molar-refractivity contribution in [1.29, 1.82) is 0 Å². The summed E-state index contributed by atoms with van der Waals surface area (Å²) in [6, 6.07) is 0. The molecule has 1 fully saturated rings. The second kappa shape index (κ2) is 17.7. The van der Waals surface area contributed by atoms with E-state index in [1.54, 1.807) is 5.57 Å². The molecule has 39 heavy (non-hydrogen) atoms. The molecule has 2 aliphatic rings. The number of hydrogen-bond donors (Lipinski definition) is 2. The predicted molar refractivity (Wildman–Crippen MR) is 156 cm³/mol. The minimum Gasteiger partial charge on any atom is -0.462 e. The largest absolute Gasteiger partial charge is 0.462 e. The highest BCUT2D eigenvalue weighted by molar-refractivity contribution is 5.88. The van der Waals surface area contributed by atoms with Crippen LogP contribution < -0.4 is 0 Å². The Balaban J connectivity index is 1.96. The topological polar surface area (TPSA) is 93.1 Å². The van der Waals surface area contributed by atoms with E-state index in [-0.39, 0.29) is 24.4 Å². The smallest absolute Gasteiger partial charge is 0.335 e. The van der Waals surface area contributed by atoms with Crippen molar-refractivity contribution in [2.24, 2.45) is 23.2 Å². The maximum Gasteiger partial charge on any atom is 0.335 e. The molecule has 6 nitrogen and oxygen atoms in total. The van der Waals surface area contributed by atoms with Crippen molar-refractivity contribution < 1.29 is 29.3 Å². The molecule has 0 bridgehead atoms. The van der Waals surface area contributed by atoms with Crippen LogP contribution in [0.25, 0.3) is 0 Å². The molecule has 2 N–H and O–H groups in total. The van der Waals surface area contributed by atoms with Gasteiger partial charge in [0.2, 0.25) is 0 Å². The highest BCUT2D eigenvalue weighted by Crippen LogP contribution is 2.41. The molecule has 1 atom stereocenters. The number of aliphatic hydroxyl groups excluding tert-OH is 2. The van der Waals surface area contributed by atoms with Crippen molar-refractivity contribution in [1.82, 2.24) is 0 Å². The summed E-state index contributed by atoms with van der Waals surface area (Å²) in [5, 5.41) is 18.5. The zero-order valence-electron chi connectivity index (χ0n) is 24.7. The predicted octanol–water partition coefficient (Wildman–Crippen LogP) is 6.85. The number of rotatable bonds is 18. The van der Waals surface area contributed by atoms with E-state index in [0.717, 1.165) is 43.9 Å². The molecule has 1 saturated carbocycles. The molecule has 2 aliphatic carbocycles. The van der Waals surface area contributed by atoms with Crippen molar-refractivity contribution >= 4 is 11.9 Å². The molecule has 222 valence electrons. The third-order valence-electron chi connectivity index (χ3n) is 8.98. The minimum absolute atomic E-state index is 0.00555. The lowest BCUT2D eigenvalue weighted by Crippen LogP contribution is -2.36. The standard InChI is InChI=1S/C33H54O6/c1-5-7-8-9-27-10-14-29(15-11-27)30-16-12-28(13-17-30)18-20-33(19-6-2,23-38-31(36)25(3)21-34)24-39-32(37)26(4)22-35/h16,27-29,34-35H,3-15,17-24H2,1-2H3. The Labute approximate surface area is 236 Å². The molecular formula is C33H54O6. The lowest BCUT2D eigenvalue weighted by atomic mass is 9.72. The van der Waals surface area contributed by atoms with Gasteiger partial charge in [-0.05, 0) is 82.0 Å². The summed E-state index contributed by atoms with van der Waals surface area (Å²) in [5.41, 5.74) is 1.15. The molecule has 2 rings (SSSR count). The fraction of sp³-hybridized carbons (Fsp3) is 0.758. The van der Waals surface area contributed by atoms with Gasteiger partial charge in [0.15, 0.2) is 0 Å². The molecule has 0 saturated heterocycles. The lowest BCUT2D eigenvalue weighted by molar-refractivity contribution is -0.151. The monoisotopic (exact) mass is 546 g/mol. The van der Waals surface area contributed by atoms with Gasteiger partial charge < -0.3 is 19.7 Å². The zero-order chi connectivity index (χ0) is 28.7. The van der Waals surface area contributed by atoms with Gasteiger partial charge in [0.05, 0.1) is 24.4 Å². The summed E-state index contributed by atoms with van der Waals surface area (Å²) < 4.78 is 11.1. The molecule has 6 heteroatoms. The highest BCUT2D eigenvalue weighted by atomic mass is 16.5. The Kier molecular flexibility index (Phi) is 15.1. The molecular weight excluding hydrogens is 492 g/mol. The molecule has 0 radical (unpaired) electrons. The Morgan fingerprint density at radius 3 is 1.95 bits per heavy atom. The summed E-state index contributed by atoms with van der Waals surface area (Å²) in [6.07, 6.45) is 20.2. The number of ether oxygens (including phenoxy) is 2. The SMILES string of the molecule is C=C(CO)C(=O)OCC(CCC)(CCC1CC=C(C2CCC(CCCCC)CC2)CC1)COC(=O)C(=C)CO. The average Bonchev–Trinajstić information content (AvgIpc) is 2.97. The van der Waals surface area contributed by atoms with Gasteiger partial charge in [-0.1, -0.05) is 70.8 Å². The molecule has 1 unspecified atom stereocenters. The van der Waals surface area contributed by atoms with Crippen molar-refractivity contribution in [2.45, 2.75) is 110 Å². The second-order valence-corrected chi connectivity index (χ2v) is 12.1. The third kappa shape index (κ3) is 11.2. The van der Waals surface area contributed by atoms with Crippen LogP contribution in [0.1, 0.15) is 110 Å². The number of allylic oxidation sites excluding steroid dienone is 2. The van der Waals surface area contributed by atoms with E-state index >= 15 is 0 Å². The van der Waals surface area contributed by atoms with Gasteiger partial charge in [-0.2, -0.15) is 0 Å². The fourth-order valence-electron chi connectivity index (χ4n) is 6.31. The van der Waals surface area contributed by atoms with Crippen molar-refractivity contribution in [2.75, 3.05) is 26.4 Å². The van der Waals surface area contributed by atoms with E-state index in [9.17, 15) is 19.8 Å².